The monoisotopic (exact) mass is 577 g/mol. The predicted molar refractivity (Wildman–Crippen MR) is 147 cm³/mol. The zero-order chi connectivity index (χ0) is 26.5. The van der Waals surface area contributed by atoms with Gasteiger partial charge in [-0.15, -0.1) is 0 Å². The molecule has 0 aromatic heterocycles. The van der Waals surface area contributed by atoms with Crippen LogP contribution in [0.15, 0.2) is 46.9 Å². The van der Waals surface area contributed by atoms with Crippen LogP contribution in [0.4, 0.5) is 5.69 Å². The van der Waals surface area contributed by atoms with Crippen molar-refractivity contribution in [3.8, 4) is 0 Å². The minimum absolute atomic E-state index is 0.125. The van der Waals surface area contributed by atoms with Crippen molar-refractivity contribution in [1.29, 1.82) is 0 Å². The van der Waals surface area contributed by atoms with E-state index in [-0.39, 0.29) is 25.0 Å². The first-order valence-corrected chi connectivity index (χ1v) is 15.0. The average Bonchev–Trinajstić information content (AvgIpc) is 3.32. The molecule has 1 aliphatic carbocycles. The molecule has 0 saturated heterocycles. The zero-order valence-corrected chi connectivity index (χ0v) is 23.9. The summed E-state index contributed by atoms with van der Waals surface area (Å²) in [5, 5.41) is 3.12. The third-order valence-corrected chi connectivity index (χ3v) is 8.83. The molecule has 0 bridgehead atoms. The van der Waals surface area contributed by atoms with Crippen molar-refractivity contribution in [1.82, 2.24) is 10.2 Å². The Morgan fingerprint density at radius 1 is 1.08 bits per heavy atom. The standard InChI is InChI=1S/C27H36BrN3O4S/c1-5-25(27(33)29-22-12-8-9-13-22)30(17-21-11-7-6-10-19(21)2)26(32)18-31(36(4,34)35)23-14-15-24(28)20(3)16-23/h6-7,10-11,14-16,22,25H,5,8-9,12-13,17-18H2,1-4H3,(H,29,33). The number of sulfonamides is 1. The highest BCUT2D eigenvalue weighted by molar-refractivity contribution is 9.10. The fraction of sp³-hybridized carbons (Fsp3) is 0.481. The lowest BCUT2D eigenvalue weighted by Gasteiger charge is -2.33. The molecule has 3 rings (SSSR count). The van der Waals surface area contributed by atoms with Crippen molar-refractivity contribution < 1.29 is 18.0 Å². The highest BCUT2D eigenvalue weighted by Gasteiger charge is 2.33. The van der Waals surface area contributed by atoms with Gasteiger partial charge in [-0.25, -0.2) is 8.42 Å². The number of rotatable bonds is 10. The highest BCUT2D eigenvalue weighted by atomic mass is 79.9. The lowest BCUT2D eigenvalue weighted by molar-refractivity contribution is -0.140. The van der Waals surface area contributed by atoms with Gasteiger partial charge in [-0.2, -0.15) is 0 Å². The maximum absolute atomic E-state index is 13.8. The summed E-state index contributed by atoms with van der Waals surface area (Å²) in [6.45, 7) is 5.53. The molecule has 1 fully saturated rings. The van der Waals surface area contributed by atoms with Gasteiger partial charge in [-0.3, -0.25) is 13.9 Å². The summed E-state index contributed by atoms with van der Waals surface area (Å²) in [7, 11) is -3.76. The summed E-state index contributed by atoms with van der Waals surface area (Å²) in [5.74, 6) is -0.602. The summed E-state index contributed by atoms with van der Waals surface area (Å²) in [5.41, 5.74) is 3.19. The Morgan fingerprint density at radius 2 is 1.75 bits per heavy atom. The average molecular weight is 579 g/mol. The summed E-state index contributed by atoms with van der Waals surface area (Å²) in [6.07, 6.45) is 5.57. The SMILES string of the molecule is CCC(C(=O)NC1CCCC1)N(Cc1ccccc1C)C(=O)CN(c1ccc(Br)c(C)c1)S(C)(=O)=O. The van der Waals surface area contributed by atoms with Gasteiger partial charge in [0.25, 0.3) is 0 Å². The summed E-state index contributed by atoms with van der Waals surface area (Å²) < 4.78 is 27.5. The van der Waals surface area contributed by atoms with Crippen molar-refractivity contribution in [3.63, 3.8) is 0 Å². The Bertz CT molecular complexity index is 1200. The molecule has 36 heavy (non-hydrogen) atoms. The van der Waals surface area contributed by atoms with E-state index in [0.29, 0.717) is 12.1 Å². The molecule has 2 aromatic rings. The highest BCUT2D eigenvalue weighted by Crippen LogP contribution is 2.26. The number of benzene rings is 2. The van der Waals surface area contributed by atoms with E-state index in [4.69, 9.17) is 0 Å². The topological polar surface area (TPSA) is 86.8 Å². The largest absolute Gasteiger partial charge is 0.352 e. The van der Waals surface area contributed by atoms with Crippen molar-refractivity contribution in [2.75, 3.05) is 17.1 Å². The van der Waals surface area contributed by atoms with Crippen LogP contribution in [0.3, 0.4) is 0 Å². The van der Waals surface area contributed by atoms with Crippen LogP contribution in [-0.4, -0.2) is 50.0 Å². The Morgan fingerprint density at radius 3 is 2.33 bits per heavy atom. The Hall–Kier alpha value is -2.39. The third-order valence-electron chi connectivity index (χ3n) is 6.80. The number of hydrogen-bond donors (Lipinski definition) is 1. The van der Waals surface area contributed by atoms with Crippen LogP contribution < -0.4 is 9.62 Å². The number of aryl methyl sites for hydroxylation is 2. The van der Waals surface area contributed by atoms with E-state index >= 15 is 0 Å². The maximum atomic E-state index is 13.8. The molecule has 196 valence electrons. The molecule has 1 aliphatic rings. The number of carbonyl (C=O) groups excluding carboxylic acids is 2. The fourth-order valence-corrected chi connectivity index (χ4v) is 5.74. The number of nitrogens with zero attached hydrogens (tertiary/aromatic N) is 2. The Kier molecular flexibility index (Phi) is 9.58. The summed E-state index contributed by atoms with van der Waals surface area (Å²) in [6, 6.07) is 12.3. The van der Waals surface area contributed by atoms with E-state index in [0.717, 1.165) is 57.4 Å². The second-order valence-corrected chi connectivity index (χ2v) is 12.3. The molecular formula is C27H36BrN3O4S. The fourth-order valence-electron chi connectivity index (χ4n) is 4.66. The van der Waals surface area contributed by atoms with Gasteiger partial charge in [0.2, 0.25) is 21.8 Å². The molecule has 1 N–H and O–H groups in total. The van der Waals surface area contributed by atoms with Gasteiger partial charge in [-0.1, -0.05) is 60.0 Å². The number of hydrogen-bond acceptors (Lipinski definition) is 4. The Labute approximate surface area is 223 Å². The van der Waals surface area contributed by atoms with Gasteiger partial charge in [0.1, 0.15) is 12.6 Å². The van der Waals surface area contributed by atoms with Crippen molar-refractivity contribution in [3.05, 3.63) is 63.6 Å². The Balaban J connectivity index is 1.94. The van der Waals surface area contributed by atoms with E-state index in [1.54, 1.807) is 18.2 Å². The van der Waals surface area contributed by atoms with Crippen LogP contribution >= 0.6 is 15.9 Å². The third kappa shape index (κ3) is 7.09. The lowest BCUT2D eigenvalue weighted by atomic mass is 10.1. The summed E-state index contributed by atoms with van der Waals surface area (Å²) in [4.78, 5) is 28.7. The first-order valence-electron chi connectivity index (χ1n) is 12.4. The number of amides is 2. The number of carbonyl (C=O) groups is 2. The molecule has 0 aliphatic heterocycles. The molecule has 9 heteroatoms. The lowest BCUT2D eigenvalue weighted by Crippen LogP contribution is -2.53. The minimum atomic E-state index is -3.76. The second-order valence-electron chi connectivity index (χ2n) is 9.57. The molecular weight excluding hydrogens is 542 g/mol. The molecule has 1 saturated carbocycles. The predicted octanol–water partition coefficient (Wildman–Crippen LogP) is 4.70. The van der Waals surface area contributed by atoms with Crippen molar-refractivity contribution >= 4 is 43.5 Å². The number of halogens is 1. The van der Waals surface area contributed by atoms with Crippen LogP contribution in [0.25, 0.3) is 0 Å². The first kappa shape index (κ1) is 28.2. The van der Waals surface area contributed by atoms with E-state index in [1.807, 2.05) is 45.0 Å². The van der Waals surface area contributed by atoms with Gasteiger partial charge in [-0.05, 0) is 68.0 Å². The first-order chi connectivity index (χ1) is 17.0. The van der Waals surface area contributed by atoms with Gasteiger partial charge in [0.15, 0.2) is 0 Å². The molecule has 2 amide bonds. The number of nitrogens with one attached hydrogen (secondary N) is 1. The quantitative estimate of drug-likeness (QED) is 0.443. The van der Waals surface area contributed by atoms with E-state index in [9.17, 15) is 18.0 Å². The summed E-state index contributed by atoms with van der Waals surface area (Å²) >= 11 is 3.44. The van der Waals surface area contributed by atoms with Crippen LogP contribution in [0.2, 0.25) is 0 Å². The van der Waals surface area contributed by atoms with Crippen LogP contribution in [0.5, 0.6) is 0 Å². The molecule has 0 heterocycles. The molecule has 1 unspecified atom stereocenters. The number of anilines is 1. The van der Waals surface area contributed by atoms with Gasteiger partial charge in [0, 0.05) is 17.1 Å². The minimum Gasteiger partial charge on any atom is -0.352 e. The van der Waals surface area contributed by atoms with E-state index < -0.39 is 22.0 Å². The van der Waals surface area contributed by atoms with E-state index in [1.165, 1.54) is 4.90 Å². The van der Waals surface area contributed by atoms with Crippen LogP contribution in [0.1, 0.15) is 55.7 Å². The van der Waals surface area contributed by atoms with E-state index in [2.05, 4.69) is 21.2 Å². The molecule has 0 radical (unpaired) electrons. The van der Waals surface area contributed by atoms with Crippen molar-refractivity contribution in [2.45, 2.75) is 71.5 Å². The normalized spacial score (nSPS) is 14.9. The molecule has 7 nitrogen and oxygen atoms in total. The maximum Gasteiger partial charge on any atom is 0.244 e. The second kappa shape index (κ2) is 12.2. The molecule has 2 aromatic carbocycles. The van der Waals surface area contributed by atoms with Crippen LogP contribution in [-0.2, 0) is 26.2 Å². The smallest absolute Gasteiger partial charge is 0.244 e. The van der Waals surface area contributed by atoms with Gasteiger partial charge < -0.3 is 10.2 Å². The zero-order valence-electron chi connectivity index (χ0n) is 21.5. The molecule has 1 atom stereocenters. The molecule has 0 spiro atoms. The van der Waals surface area contributed by atoms with Gasteiger partial charge >= 0.3 is 0 Å². The van der Waals surface area contributed by atoms with Gasteiger partial charge in [0.05, 0.1) is 11.9 Å². The van der Waals surface area contributed by atoms with Crippen molar-refractivity contribution in [2.24, 2.45) is 0 Å². The van der Waals surface area contributed by atoms with Crippen LogP contribution in [0, 0.1) is 13.8 Å².